The van der Waals surface area contributed by atoms with Crippen molar-refractivity contribution in [2.75, 3.05) is 46.3 Å². The summed E-state index contributed by atoms with van der Waals surface area (Å²) in [6.45, 7) is 12.2. The third-order valence-electron chi connectivity index (χ3n) is 3.96. The lowest BCUT2D eigenvalue weighted by molar-refractivity contribution is 0.0809. The van der Waals surface area contributed by atoms with E-state index in [2.05, 4.69) is 35.6 Å². The van der Waals surface area contributed by atoms with Gasteiger partial charge in [0.1, 0.15) is 0 Å². The number of rotatable bonds is 2. The van der Waals surface area contributed by atoms with Crippen LogP contribution in [0.25, 0.3) is 0 Å². The quantitative estimate of drug-likeness (QED) is 0.666. The van der Waals surface area contributed by atoms with E-state index in [0.717, 1.165) is 12.1 Å². The van der Waals surface area contributed by atoms with Gasteiger partial charge in [-0.05, 0) is 33.9 Å². The molecule has 15 heavy (non-hydrogen) atoms. The Morgan fingerprint density at radius 3 is 2.13 bits per heavy atom. The lowest BCUT2D eigenvalue weighted by atomic mass is 10.1. The first kappa shape index (κ1) is 11.4. The number of hydrogen-bond acceptors (Lipinski definition) is 3. The Bertz CT molecular complexity index is 197. The van der Waals surface area contributed by atoms with Crippen molar-refractivity contribution in [2.45, 2.75) is 32.4 Å². The Balaban J connectivity index is 1.78. The van der Waals surface area contributed by atoms with Gasteiger partial charge >= 0.3 is 0 Å². The summed E-state index contributed by atoms with van der Waals surface area (Å²) in [4.78, 5) is 7.75. The molecule has 3 heteroatoms. The predicted octanol–water partition coefficient (Wildman–Crippen LogP) is 0.717. The molecule has 0 spiro atoms. The van der Waals surface area contributed by atoms with E-state index in [0.29, 0.717) is 0 Å². The molecule has 0 saturated carbocycles. The molecule has 0 N–H and O–H groups in total. The molecule has 0 bridgehead atoms. The molecule has 88 valence electrons. The Hall–Kier alpha value is -0.120. The van der Waals surface area contributed by atoms with Crippen molar-refractivity contribution < 1.29 is 0 Å². The van der Waals surface area contributed by atoms with Crippen molar-refractivity contribution in [3.8, 4) is 0 Å². The topological polar surface area (TPSA) is 9.72 Å². The average molecular weight is 211 g/mol. The van der Waals surface area contributed by atoms with Gasteiger partial charge in [-0.1, -0.05) is 0 Å². The summed E-state index contributed by atoms with van der Waals surface area (Å²) < 4.78 is 0. The van der Waals surface area contributed by atoms with E-state index in [4.69, 9.17) is 0 Å². The molecule has 2 heterocycles. The number of piperazine rings is 1. The number of nitrogens with zero attached hydrogens (tertiary/aromatic N) is 3. The second-order valence-electron chi connectivity index (χ2n) is 5.37. The highest BCUT2D eigenvalue weighted by atomic mass is 15.3. The second-order valence-corrected chi connectivity index (χ2v) is 5.37. The molecule has 2 aliphatic heterocycles. The molecule has 0 amide bonds. The van der Waals surface area contributed by atoms with E-state index in [-0.39, 0.29) is 0 Å². The van der Waals surface area contributed by atoms with Gasteiger partial charge in [-0.2, -0.15) is 0 Å². The smallest absolute Gasteiger partial charge is 0.0236 e. The number of hydrogen-bond donors (Lipinski definition) is 0. The zero-order chi connectivity index (χ0) is 10.8. The summed E-state index contributed by atoms with van der Waals surface area (Å²) in [6, 6.07) is 1.56. The van der Waals surface area contributed by atoms with Gasteiger partial charge in [0.05, 0.1) is 0 Å². The van der Waals surface area contributed by atoms with Gasteiger partial charge in [0, 0.05) is 44.8 Å². The molecule has 0 radical (unpaired) electrons. The first-order valence-corrected chi connectivity index (χ1v) is 6.33. The largest absolute Gasteiger partial charge is 0.305 e. The zero-order valence-electron chi connectivity index (χ0n) is 10.4. The lowest BCUT2D eigenvalue weighted by Crippen LogP contribution is -2.52. The van der Waals surface area contributed by atoms with E-state index in [1.807, 2.05) is 0 Å². The van der Waals surface area contributed by atoms with Crippen LogP contribution in [0.2, 0.25) is 0 Å². The third-order valence-corrected chi connectivity index (χ3v) is 3.96. The molecular weight excluding hydrogens is 186 g/mol. The van der Waals surface area contributed by atoms with Gasteiger partial charge in [-0.15, -0.1) is 0 Å². The van der Waals surface area contributed by atoms with Crippen molar-refractivity contribution in [3.63, 3.8) is 0 Å². The standard InChI is InChI=1S/C12H25N3/c1-11(2)14-6-8-15(9-7-14)12-4-5-13(3)10-12/h11-12H,4-10H2,1-3H3. The highest BCUT2D eigenvalue weighted by Gasteiger charge is 2.28. The molecule has 0 aromatic carbocycles. The third kappa shape index (κ3) is 2.71. The van der Waals surface area contributed by atoms with E-state index in [1.165, 1.54) is 45.7 Å². The van der Waals surface area contributed by atoms with Crippen LogP contribution in [-0.2, 0) is 0 Å². The molecule has 2 rings (SSSR count). The van der Waals surface area contributed by atoms with Gasteiger partial charge < -0.3 is 4.90 Å². The molecule has 2 aliphatic rings. The first-order valence-electron chi connectivity index (χ1n) is 6.33. The van der Waals surface area contributed by atoms with Crippen LogP contribution in [0.15, 0.2) is 0 Å². The van der Waals surface area contributed by atoms with Gasteiger partial charge in [0.25, 0.3) is 0 Å². The monoisotopic (exact) mass is 211 g/mol. The Kier molecular flexibility index (Phi) is 3.65. The van der Waals surface area contributed by atoms with E-state index in [9.17, 15) is 0 Å². The Labute approximate surface area is 94.0 Å². The molecule has 3 nitrogen and oxygen atoms in total. The summed E-state index contributed by atoms with van der Waals surface area (Å²) in [7, 11) is 2.24. The number of likely N-dealkylation sites (N-methyl/N-ethyl adjacent to an activating group) is 1. The van der Waals surface area contributed by atoms with Crippen LogP contribution in [0, 0.1) is 0 Å². The average Bonchev–Trinajstić information content (AvgIpc) is 2.65. The molecule has 1 atom stereocenters. The van der Waals surface area contributed by atoms with Gasteiger partial charge in [0.2, 0.25) is 0 Å². The minimum atomic E-state index is 0.721. The van der Waals surface area contributed by atoms with Crippen molar-refractivity contribution in [3.05, 3.63) is 0 Å². The van der Waals surface area contributed by atoms with Crippen LogP contribution in [0.5, 0.6) is 0 Å². The fourth-order valence-electron chi connectivity index (χ4n) is 2.83. The summed E-state index contributed by atoms with van der Waals surface area (Å²) in [5, 5.41) is 0. The molecule has 2 saturated heterocycles. The SMILES string of the molecule is CC(C)N1CCN(C2CCN(C)C2)CC1. The minimum absolute atomic E-state index is 0.721. The van der Waals surface area contributed by atoms with Crippen LogP contribution >= 0.6 is 0 Å². The summed E-state index contributed by atoms with van der Waals surface area (Å²) in [5.41, 5.74) is 0. The Morgan fingerprint density at radius 2 is 1.67 bits per heavy atom. The van der Waals surface area contributed by atoms with Crippen molar-refractivity contribution in [2.24, 2.45) is 0 Å². The van der Waals surface area contributed by atoms with Crippen LogP contribution in [0.1, 0.15) is 20.3 Å². The molecular formula is C12H25N3. The Morgan fingerprint density at radius 1 is 1.00 bits per heavy atom. The van der Waals surface area contributed by atoms with Gasteiger partial charge in [0.15, 0.2) is 0 Å². The van der Waals surface area contributed by atoms with Crippen LogP contribution in [-0.4, -0.2) is 73.1 Å². The fraction of sp³-hybridized carbons (Fsp3) is 1.00. The fourth-order valence-corrected chi connectivity index (χ4v) is 2.83. The maximum atomic E-state index is 2.70. The van der Waals surface area contributed by atoms with E-state index in [1.54, 1.807) is 0 Å². The predicted molar refractivity (Wildman–Crippen MR) is 64.2 cm³/mol. The highest BCUT2D eigenvalue weighted by Crippen LogP contribution is 2.16. The van der Waals surface area contributed by atoms with Crippen LogP contribution in [0.3, 0.4) is 0 Å². The minimum Gasteiger partial charge on any atom is -0.305 e. The molecule has 0 aromatic rings. The zero-order valence-corrected chi connectivity index (χ0v) is 10.4. The van der Waals surface area contributed by atoms with Crippen molar-refractivity contribution in [1.29, 1.82) is 0 Å². The summed E-state index contributed by atoms with van der Waals surface area (Å²) in [5.74, 6) is 0. The summed E-state index contributed by atoms with van der Waals surface area (Å²) in [6.07, 6.45) is 1.37. The number of likely N-dealkylation sites (tertiary alicyclic amines) is 1. The second kappa shape index (κ2) is 4.81. The maximum absolute atomic E-state index is 2.70. The molecule has 1 unspecified atom stereocenters. The molecule has 0 aliphatic carbocycles. The lowest BCUT2D eigenvalue weighted by Gasteiger charge is -2.39. The van der Waals surface area contributed by atoms with Crippen LogP contribution in [0.4, 0.5) is 0 Å². The van der Waals surface area contributed by atoms with E-state index < -0.39 is 0 Å². The van der Waals surface area contributed by atoms with Gasteiger partial charge in [-0.25, -0.2) is 0 Å². The highest BCUT2D eigenvalue weighted by molar-refractivity contribution is 4.85. The molecule has 0 aromatic heterocycles. The maximum Gasteiger partial charge on any atom is 0.0236 e. The normalized spacial score (nSPS) is 31.6. The van der Waals surface area contributed by atoms with Crippen LogP contribution < -0.4 is 0 Å². The van der Waals surface area contributed by atoms with Crippen molar-refractivity contribution in [1.82, 2.24) is 14.7 Å². The summed E-state index contributed by atoms with van der Waals surface area (Å²) >= 11 is 0. The van der Waals surface area contributed by atoms with E-state index >= 15 is 0 Å². The van der Waals surface area contributed by atoms with Crippen molar-refractivity contribution >= 4 is 0 Å². The van der Waals surface area contributed by atoms with Gasteiger partial charge in [-0.3, -0.25) is 9.80 Å². The molecule has 2 fully saturated rings. The first-order chi connectivity index (χ1) is 7.16.